The lowest BCUT2D eigenvalue weighted by atomic mass is 9.96. The summed E-state index contributed by atoms with van der Waals surface area (Å²) in [5.74, 6) is 0. The van der Waals surface area contributed by atoms with Crippen LogP contribution in [0.5, 0.6) is 0 Å². The summed E-state index contributed by atoms with van der Waals surface area (Å²) in [6.45, 7) is 13.7. The molecule has 0 atom stereocenters. The summed E-state index contributed by atoms with van der Waals surface area (Å²) in [6, 6.07) is 4.30. The van der Waals surface area contributed by atoms with Crippen molar-refractivity contribution < 1.29 is 0 Å². The van der Waals surface area contributed by atoms with Crippen LogP contribution in [0.3, 0.4) is 0 Å². The van der Waals surface area contributed by atoms with Gasteiger partial charge in [0.2, 0.25) is 0 Å². The van der Waals surface area contributed by atoms with Crippen molar-refractivity contribution in [1.82, 2.24) is 0 Å². The summed E-state index contributed by atoms with van der Waals surface area (Å²) in [5.41, 5.74) is 8.93. The number of hydrogen-bond acceptors (Lipinski definition) is 0. The number of aryl methyl sites for hydroxylation is 2. The quantitative estimate of drug-likeness (QED) is 0.606. The first-order valence-electron chi connectivity index (χ1n) is 4.71. The summed E-state index contributed by atoms with van der Waals surface area (Å²) >= 11 is 0. The fourth-order valence-corrected chi connectivity index (χ4v) is 1.62. The van der Waals surface area contributed by atoms with E-state index in [0.29, 0.717) is 0 Å². The fourth-order valence-electron chi connectivity index (χ4n) is 1.62. The molecule has 0 unspecified atom stereocenters. The smallest absolute Gasteiger partial charge is 0.00250 e. The molecule has 0 radical (unpaired) electrons. The topological polar surface area (TPSA) is 0 Å². The zero-order valence-corrected chi connectivity index (χ0v) is 9.15. The average molecular weight is 184 g/mol. The Morgan fingerprint density at radius 1 is 1.29 bits per heavy atom. The van der Waals surface area contributed by atoms with E-state index in [4.69, 9.17) is 0 Å². The van der Waals surface area contributed by atoms with Crippen LogP contribution in [0.2, 0.25) is 0 Å². The van der Waals surface area contributed by atoms with Gasteiger partial charge in [0.15, 0.2) is 0 Å². The minimum absolute atomic E-state index is 1.09. The van der Waals surface area contributed by atoms with Crippen molar-refractivity contribution in [2.75, 3.05) is 0 Å². The van der Waals surface area contributed by atoms with Gasteiger partial charge in [-0.3, -0.25) is 0 Å². The first-order valence-corrected chi connectivity index (χ1v) is 4.71. The van der Waals surface area contributed by atoms with Crippen LogP contribution in [0, 0.1) is 13.8 Å². The maximum Gasteiger partial charge on any atom is -0.00250 e. The Hall–Kier alpha value is -1.52. The Morgan fingerprint density at radius 2 is 1.79 bits per heavy atom. The third-order valence-electron chi connectivity index (χ3n) is 2.50. The number of allylic oxidation sites excluding steroid dienone is 1. The molecule has 0 N–H and O–H groups in total. The molecule has 0 aliphatic carbocycles. The van der Waals surface area contributed by atoms with Crippen LogP contribution in [0.4, 0.5) is 0 Å². The second-order valence-corrected chi connectivity index (χ2v) is 3.53. The molecule has 0 aliphatic rings. The Kier molecular flexibility index (Phi) is 3.11. The molecule has 0 nitrogen and oxygen atoms in total. The lowest BCUT2D eigenvalue weighted by molar-refractivity contribution is 1.33. The summed E-state index contributed by atoms with van der Waals surface area (Å²) in [5, 5.41) is 0. The van der Waals surface area contributed by atoms with Crippen molar-refractivity contribution in [1.29, 1.82) is 0 Å². The van der Waals surface area contributed by atoms with Crippen LogP contribution in [-0.2, 0) is 0 Å². The van der Waals surface area contributed by atoms with E-state index in [0.717, 1.165) is 5.57 Å². The van der Waals surface area contributed by atoms with Gasteiger partial charge in [0, 0.05) is 0 Å². The summed E-state index contributed by atoms with van der Waals surface area (Å²) < 4.78 is 0. The van der Waals surface area contributed by atoms with Gasteiger partial charge >= 0.3 is 0 Å². The second-order valence-electron chi connectivity index (χ2n) is 3.53. The van der Waals surface area contributed by atoms with Gasteiger partial charge in [0.1, 0.15) is 0 Å². The predicted molar refractivity (Wildman–Crippen MR) is 64.2 cm³/mol. The molecule has 0 saturated carbocycles. The van der Waals surface area contributed by atoms with Crippen LogP contribution in [0.15, 0.2) is 31.0 Å². The van der Waals surface area contributed by atoms with Gasteiger partial charge in [0.25, 0.3) is 0 Å². The lowest BCUT2D eigenvalue weighted by Gasteiger charge is -2.08. The van der Waals surface area contributed by atoms with E-state index in [1.54, 1.807) is 0 Å². The van der Waals surface area contributed by atoms with E-state index < -0.39 is 0 Å². The normalized spacial score (nSPS) is 9.36. The first kappa shape index (κ1) is 10.6. The zero-order valence-electron chi connectivity index (χ0n) is 9.15. The van der Waals surface area contributed by atoms with E-state index in [2.05, 4.69) is 44.9 Å². The third kappa shape index (κ3) is 1.86. The largest absolute Gasteiger partial charge is 0.125 e. The minimum Gasteiger partial charge on any atom is -0.125 e. The van der Waals surface area contributed by atoms with Gasteiger partial charge in [-0.2, -0.15) is 0 Å². The van der Waals surface area contributed by atoms with Crippen molar-refractivity contribution >= 4 is 11.6 Å². The first-order chi connectivity index (χ1) is 6.60. The zero-order chi connectivity index (χ0) is 10.7. The monoisotopic (exact) mass is 184 g/mol. The molecule has 0 heterocycles. The molecule has 0 saturated heterocycles. The molecule has 0 bridgehead atoms. The molecule has 0 heteroatoms. The SMILES string of the molecule is C=C=C(C)c1cc(C)c(C=C)c(C)c1. The Balaban J connectivity index is 3.41. The second kappa shape index (κ2) is 4.13. The Morgan fingerprint density at radius 3 is 2.14 bits per heavy atom. The number of benzene rings is 1. The maximum atomic E-state index is 3.81. The maximum absolute atomic E-state index is 3.81. The van der Waals surface area contributed by atoms with Crippen LogP contribution >= 0.6 is 0 Å². The standard InChI is InChI=1S/C14H16/c1-6-10(3)13-8-11(4)14(7-2)12(5)9-13/h7-9H,1-2H2,3-5H3. The van der Waals surface area contributed by atoms with E-state index >= 15 is 0 Å². The Labute approximate surface area is 86.3 Å². The summed E-state index contributed by atoms with van der Waals surface area (Å²) in [7, 11) is 0. The highest BCUT2D eigenvalue weighted by atomic mass is 14.1. The molecule has 14 heavy (non-hydrogen) atoms. The van der Waals surface area contributed by atoms with Crippen molar-refractivity contribution in [2.45, 2.75) is 20.8 Å². The fraction of sp³-hybridized carbons (Fsp3) is 0.214. The number of rotatable bonds is 2. The van der Waals surface area contributed by atoms with E-state index in [-0.39, 0.29) is 0 Å². The molecular formula is C14H16. The van der Waals surface area contributed by atoms with Crippen LogP contribution < -0.4 is 0 Å². The van der Waals surface area contributed by atoms with Gasteiger partial charge in [-0.25, -0.2) is 0 Å². The van der Waals surface area contributed by atoms with E-state index in [9.17, 15) is 0 Å². The average Bonchev–Trinajstić information content (AvgIpc) is 2.16. The molecule has 1 rings (SSSR count). The predicted octanol–water partition coefficient (Wildman–Crippen LogP) is 4.13. The number of hydrogen-bond donors (Lipinski definition) is 0. The third-order valence-corrected chi connectivity index (χ3v) is 2.50. The lowest BCUT2D eigenvalue weighted by Crippen LogP contribution is -1.89. The Bertz CT molecular complexity index is 393. The highest BCUT2D eigenvalue weighted by Crippen LogP contribution is 2.21. The molecular weight excluding hydrogens is 168 g/mol. The van der Waals surface area contributed by atoms with Gasteiger partial charge in [0.05, 0.1) is 0 Å². The van der Waals surface area contributed by atoms with Gasteiger partial charge in [-0.1, -0.05) is 31.4 Å². The van der Waals surface area contributed by atoms with Crippen LogP contribution in [0.25, 0.3) is 11.6 Å². The van der Waals surface area contributed by atoms with E-state index in [1.807, 2.05) is 13.0 Å². The molecule has 0 amide bonds. The molecule has 0 fully saturated rings. The van der Waals surface area contributed by atoms with Crippen molar-refractivity contribution in [3.05, 3.63) is 53.3 Å². The minimum atomic E-state index is 1.09. The molecule has 72 valence electrons. The van der Waals surface area contributed by atoms with Crippen molar-refractivity contribution in [3.63, 3.8) is 0 Å². The summed E-state index contributed by atoms with van der Waals surface area (Å²) in [6.07, 6.45) is 1.90. The molecule has 1 aromatic rings. The van der Waals surface area contributed by atoms with Gasteiger partial charge in [-0.05, 0) is 48.6 Å². The molecule has 0 spiro atoms. The molecule has 1 aromatic carbocycles. The molecule has 0 aromatic heterocycles. The highest BCUT2D eigenvalue weighted by molar-refractivity contribution is 5.68. The highest BCUT2D eigenvalue weighted by Gasteiger charge is 2.02. The van der Waals surface area contributed by atoms with Gasteiger partial charge < -0.3 is 0 Å². The van der Waals surface area contributed by atoms with Crippen LogP contribution in [0.1, 0.15) is 29.2 Å². The van der Waals surface area contributed by atoms with Crippen LogP contribution in [-0.4, -0.2) is 0 Å². The van der Waals surface area contributed by atoms with Crippen molar-refractivity contribution in [3.8, 4) is 0 Å². The van der Waals surface area contributed by atoms with Crippen molar-refractivity contribution in [2.24, 2.45) is 0 Å². The molecule has 0 aliphatic heterocycles. The van der Waals surface area contributed by atoms with E-state index in [1.165, 1.54) is 22.3 Å². The van der Waals surface area contributed by atoms with Gasteiger partial charge in [-0.15, -0.1) is 5.73 Å². The summed E-state index contributed by atoms with van der Waals surface area (Å²) in [4.78, 5) is 0.